The minimum absolute atomic E-state index is 0.106. The Morgan fingerprint density at radius 3 is 2.41 bits per heavy atom. The van der Waals surface area contributed by atoms with Gasteiger partial charge < -0.3 is 5.32 Å². The topological polar surface area (TPSA) is 76.9 Å². The summed E-state index contributed by atoms with van der Waals surface area (Å²) in [6.45, 7) is 3.91. The van der Waals surface area contributed by atoms with Crippen LogP contribution < -0.4 is 5.32 Å². The normalized spacial score (nSPS) is 10.7. The highest BCUT2D eigenvalue weighted by Gasteiger charge is 2.16. The number of carbonyl (C=O) groups excluding carboxylic acids is 2. The number of hydrogen-bond donors (Lipinski definition) is 1. The number of thioether (sulfide) groups is 1. The fourth-order valence-corrected chi connectivity index (χ4v) is 3.57. The van der Waals surface area contributed by atoms with Gasteiger partial charge in [-0.1, -0.05) is 29.5 Å². The van der Waals surface area contributed by atoms with E-state index in [1.807, 2.05) is 35.8 Å². The van der Waals surface area contributed by atoms with Crippen molar-refractivity contribution in [1.82, 2.24) is 20.1 Å². The van der Waals surface area contributed by atoms with E-state index >= 15 is 0 Å². The van der Waals surface area contributed by atoms with E-state index in [9.17, 15) is 14.0 Å². The molecular weight excluding hydrogens is 391 g/mol. The van der Waals surface area contributed by atoms with E-state index in [0.29, 0.717) is 29.5 Å². The first kappa shape index (κ1) is 20.7. The van der Waals surface area contributed by atoms with Crippen LogP contribution in [0.5, 0.6) is 0 Å². The Labute approximate surface area is 172 Å². The summed E-state index contributed by atoms with van der Waals surface area (Å²) in [5.74, 6) is 0.247. The molecule has 0 spiro atoms. The largest absolute Gasteiger partial charge is 0.356 e. The molecule has 0 aliphatic rings. The summed E-state index contributed by atoms with van der Waals surface area (Å²) in [6.07, 6.45) is 0.507. The lowest BCUT2D eigenvalue weighted by molar-refractivity contribution is -0.118. The first-order valence-electron chi connectivity index (χ1n) is 9.11. The van der Waals surface area contributed by atoms with E-state index in [-0.39, 0.29) is 23.3 Å². The smallest absolute Gasteiger partial charge is 0.216 e. The van der Waals surface area contributed by atoms with Gasteiger partial charge in [0.05, 0.1) is 5.75 Å². The van der Waals surface area contributed by atoms with Crippen LogP contribution in [0.25, 0.3) is 5.69 Å². The molecule has 0 saturated carbocycles. The van der Waals surface area contributed by atoms with Crippen molar-refractivity contribution in [1.29, 1.82) is 0 Å². The van der Waals surface area contributed by atoms with Gasteiger partial charge in [-0.05, 0) is 43.3 Å². The van der Waals surface area contributed by atoms with Crippen LogP contribution in [0.2, 0.25) is 0 Å². The Balaban J connectivity index is 1.80. The van der Waals surface area contributed by atoms with Crippen molar-refractivity contribution in [3.8, 4) is 5.69 Å². The predicted molar refractivity (Wildman–Crippen MR) is 110 cm³/mol. The molecule has 1 heterocycles. The molecule has 0 saturated heterocycles. The molecule has 0 aliphatic carbocycles. The average molecular weight is 412 g/mol. The fourth-order valence-electron chi connectivity index (χ4n) is 2.71. The molecule has 0 radical (unpaired) electrons. The monoisotopic (exact) mass is 412 g/mol. The number of hydrogen-bond acceptors (Lipinski definition) is 5. The Morgan fingerprint density at radius 1 is 1.07 bits per heavy atom. The van der Waals surface area contributed by atoms with Crippen LogP contribution in [-0.4, -0.2) is 38.8 Å². The molecule has 3 rings (SSSR count). The van der Waals surface area contributed by atoms with Gasteiger partial charge in [0, 0.05) is 31.1 Å². The van der Waals surface area contributed by atoms with Gasteiger partial charge in [0.1, 0.15) is 11.6 Å². The van der Waals surface area contributed by atoms with Crippen molar-refractivity contribution in [2.75, 3.05) is 12.3 Å². The van der Waals surface area contributed by atoms with Crippen molar-refractivity contribution in [3.63, 3.8) is 0 Å². The van der Waals surface area contributed by atoms with Crippen LogP contribution in [0.4, 0.5) is 4.39 Å². The lowest BCUT2D eigenvalue weighted by Crippen LogP contribution is -2.23. The van der Waals surface area contributed by atoms with Crippen molar-refractivity contribution in [3.05, 3.63) is 71.3 Å². The summed E-state index contributed by atoms with van der Waals surface area (Å²) in [6, 6.07) is 13.4. The molecule has 2 aromatic carbocycles. The summed E-state index contributed by atoms with van der Waals surface area (Å²) in [5.41, 5.74) is 2.46. The van der Waals surface area contributed by atoms with Crippen molar-refractivity contribution in [2.24, 2.45) is 0 Å². The molecule has 0 atom stereocenters. The number of rotatable bonds is 8. The van der Waals surface area contributed by atoms with E-state index in [0.717, 1.165) is 11.3 Å². The first-order chi connectivity index (χ1) is 13.9. The minimum atomic E-state index is -0.378. The number of halogens is 1. The number of nitrogens with one attached hydrogen (secondary N) is 1. The fraction of sp³-hybridized carbons (Fsp3) is 0.238. The third-order valence-electron chi connectivity index (χ3n) is 4.21. The number of carbonyl (C=O) groups is 2. The summed E-state index contributed by atoms with van der Waals surface area (Å²) >= 11 is 1.27. The number of Topliss-reactive ketones (excluding diaryl/α,β-unsaturated/α-hetero) is 1. The Kier molecular flexibility index (Phi) is 6.77. The number of aryl methyl sites for hydroxylation is 1. The van der Waals surface area contributed by atoms with Gasteiger partial charge in [0.2, 0.25) is 5.91 Å². The van der Waals surface area contributed by atoms with Gasteiger partial charge in [-0.25, -0.2) is 4.39 Å². The Hall–Kier alpha value is -3.00. The molecule has 0 aliphatic heterocycles. The van der Waals surface area contributed by atoms with Gasteiger partial charge in [-0.2, -0.15) is 0 Å². The molecule has 29 heavy (non-hydrogen) atoms. The SMILES string of the molecule is CC(=O)NCCc1nnc(SCC(=O)c2ccc(F)cc2)n1-c1ccc(C)cc1. The molecule has 0 fully saturated rings. The second kappa shape index (κ2) is 9.47. The van der Waals surface area contributed by atoms with Crippen LogP contribution in [0, 0.1) is 12.7 Å². The third kappa shape index (κ3) is 5.51. The summed E-state index contributed by atoms with van der Waals surface area (Å²) in [5, 5.41) is 11.8. The summed E-state index contributed by atoms with van der Waals surface area (Å²) in [7, 11) is 0. The second-order valence-electron chi connectivity index (χ2n) is 6.52. The Morgan fingerprint density at radius 2 is 1.76 bits per heavy atom. The van der Waals surface area contributed by atoms with E-state index in [1.54, 1.807) is 0 Å². The molecule has 8 heteroatoms. The van der Waals surface area contributed by atoms with Gasteiger partial charge in [-0.3, -0.25) is 14.2 Å². The van der Waals surface area contributed by atoms with E-state index < -0.39 is 0 Å². The van der Waals surface area contributed by atoms with Gasteiger partial charge in [0.25, 0.3) is 0 Å². The van der Waals surface area contributed by atoms with Crippen LogP contribution in [0.15, 0.2) is 53.7 Å². The highest BCUT2D eigenvalue weighted by molar-refractivity contribution is 7.99. The zero-order chi connectivity index (χ0) is 20.8. The number of amides is 1. The average Bonchev–Trinajstić information content (AvgIpc) is 3.10. The van der Waals surface area contributed by atoms with E-state index in [2.05, 4.69) is 15.5 Å². The van der Waals surface area contributed by atoms with Gasteiger partial charge >= 0.3 is 0 Å². The number of aromatic nitrogens is 3. The molecule has 0 unspecified atom stereocenters. The first-order valence-corrected chi connectivity index (χ1v) is 10.1. The maximum atomic E-state index is 13.1. The van der Waals surface area contributed by atoms with E-state index in [4.69, 9.17) is 0 Å². The van der Waals surface area contributed by atoms with Crippen LogP contribution in [0.3, 0.4) is 0 Å². The maximum absolute atomic E-state index is 13.1. The lowest BCUT2D eigenvalue weighted by atomic mass is 10.1. The van der Waals surface area contributed by atoms with Crippen LogP contribution in [0.1, 0.15) is 28.7 Å². The molecule has 1 N–H and O–H groups in total. The predicted octanol–water partition coefficient (Wildman–Crippen LogP) is 3.37. The standard InChI is InChI=1S/C21H21FN4O2S/c1-14-3-9-18(10-4-14)26-20(11-12-23-15(2)27)24-25-21(26)29-13-19(28)16-5-7-17(22)8-6-16/h3-10H,11-13H2,1-2H3,(H,23,27). The summed E-state index contributed by atoms with van der Waals surface area (Å²) in [4.78, 5) is 23.6. The van der Waals surface area contributed by atoms with Gasteiger partial charge in [-0.15, -0.1) is 10.2 Å². The summed E-state index contributed by atoms with van der Waals surface area (Å²) < 4.78 is 15.0. The minimum Gasteiger partial charge on any atom is -0.356 e. The molecule has 150 valence electrons. The Bertz CT molecular complexity index is 1000. The van der Waals surface area contributed by atoms with Crippen LogP contribution in [-0.2, 0) is 11.2 Å². The zero-order valence-corrected chi connectivity index (χ0v) is 17.0. The van der Waals surface area contributed by atoms with Crippen LogP contribution >= 0.6 is 11.8 Å². The van der Waals surface area contributed by atoms with Crippen molar-refractivity contribution < 1.29 is 14.0 Å². The maximum Gasteiger partial charge on any atom is 0.216 e. The second-order valence-corrected chi connectivity index (χ2v) is 7.46. The lowest BCUT2D eigenvalue weighted by Gasteiger charge is -2.11. The number of nitrogens with zero attached hydrogens (tertiary/aromatic N) is 3. The molecule has 6 nitrogen and oxygen atoms in total. The number of benzene rings is 2. The van der Waals surface area contributed by atoms with Crippen molar-refractivity contribution >= 4 is 23.5 Å². The molecule has 1 aromatic heterocycles. The molecular formula is C21H21FN4O2S. The zero-order valence-electron chi connectivity index (χ0n) is 16.2. The van der Waals surface area contributed by atoms with Crippen molar-refractivity contribution in [2.45, 2.75) is 25.4 Å². The molecule has 3 aromatic rings. The molecule has 1 amide bonds. The van der Waals surface area contributed by atoms with Gasteiger partial charge in [0.15, 0.2) is 10.9 Å². The van der Waals surface area contributed by atoms with E-state index in [1.165, 1.54) is 43.0 Å². The third-order valence-corrected chi connectivity index (χ3v) is 5.14. The molecule has 0 bridgehead atoms. The highest BCUT2D eigenvalue weighted by Crippen LogP contribution is 2.23. The number of ketones is 1. The quantitative estimate of drug-likeness (QED) is 0.453. The highest BCUT2D eigenvalue weighted by atomic mass is 32.2.